The normalized spacial score (nSPS) is 32.2. The SMILES string of the molecule is COCC(O)COC1CC(C)(C)[NH+](O)C(C)(C)C1. The lowest BCUT2D eigenvalue weighted by Gasteiger charge is -2.47. The van der Waals surface area contributed by atoms with Gasteiger partial charge in [-0.3, -0.25) is 0 Å². The molecule has 1 rings (SSSR count). The van der Waals surface area contributed by atoms with Crippen LogP contribution in [0.2, 0.25) is 0 Å². The van der Waals surface area contributed by atoms with Crippen LogP contribution in [0.4, 0.5) is 0 Å². The van der Waals surface area contributed by atoms with Crippen molar-refractivity contribution in [2.45, 2.75) is 63.8 Å². The van der Waals surface area contributed by atoms with Gasteiger partial charge in [-0.2, -0.15) is 5.06 Å². The number of hydrogen-bond donors (Lipinski definition) is 3. The second kappa shape index (κ2) is 5.84. The Kier molecular flexibility index (Phi) is 5.14. The highest BCUT2D eigenvalue weighted by atomic mass is 16.5. The first kappa shape index (κ1) is 15.9. The third-order valence-corrected chi connectivity index (χ3v) is 3.64. The minimum absolute atomic E-state index is 0.0670. The van der Waals surface area contributed by atoms with E-state index in [1.54, 1.807) is 7.11 Å². The maximum Gasteiger partial charge on any atom is 0.124 e. The number of aliphatic hydroxyl groups excluding tert-OH is 1. The van der Waals surface area contributed by atoms with E-state index in [9.17, 15) is 10.3 Å². The summed E-state index contributed by atoms with van der Waals surface area (Å²) in [5, 5.41) is 20.4. The Bertz CT molecular complexity index is 250. The molecule has 0 radical (unpaired) electrons. The maximum absolute atomic E-state index is 10.2. The summed E-state index contributed by atoms with van der Waals surface area (Å²) in [5.41, 5.74) is -0.475. The predicted octanol–water partition coefficient (Wildman–Crippen LogP) is 0.00400. The Morgan fingerprint density at radius 2 is 1.67 bits per heavy atom. The van der Waals surface area contributed by atoms with Crippen LogP contribution in [-0.4, -0.2) is 53.9 Å². The molecule has 5 nitrogen and oxygen atoms in total. The number of hydrogen-bond acceptors (Lipinski definition) is 4. The van der Waals surface area contributed by atoms with E-state index in [1.165, 1.54) is 0 Å². The summed E-state index contributed by atoms with van der Waals surface area (Å²) < 4.78 is 10.6. The molecule has 1 atom stereocenters. The van der Waals surface area contributed by atoms with E-state index in [4.69, 9.17) is 9.47 Å². The van der Waals surface area contributed by atoms with Crippen molar-refractivity contribution in [3.63, 3.8) is 0 Å². The smallest absolute Gasteiger partial charge is 0.124 e. The number of nitrogens with one attached hydrogen (secondary N) is 1. The van der Waals surface area contributed by atoms with E-state index in [1.807, 2.05) is 27.7 Å². The number of methoxy groups -OCH3 is 1. The van der Waals surface area contributed by atoms with Crippen molar-refractivity contribution in [3.05, 3.63) is 0 Å². The van der Waals surface area contributed by atoms with Crippen LogP contribution in [0.1, 0.15) is 40.5 Å². The molecule has 3 N–H and O–H groups in total. The largest absolute Gasteiger partial charge is 0.388 e. The van der Waals surface area contributed by atoms with Gasteiger partial charge in [-0.15, -0.1) is 0 Å². The van der Waals surface area contributed by atoms with Gasteiger partial charge in [0, 0.05) is 20.0 Å². The summed E-state index contributed by atoms with van der Waals surface area (Å²) >= 11 is 0. The number of hydroxylamine groups is 2. The van der Waals surface area contributed by atoms with Crippen LogP contribution in [0.25, 0.3) is 0 Å². The second-order valence-electron chi connectivity index (χ2n) is 6.59. The first-order valence-electron chi connectivity index (χ1n) is 6.54. The monoisotopic (exact) mass is 262 g/mol. The Labute approximate surface area is 110 Å². The van der Waals surface area contributed by atoms with Gasteiger partial charge < -0.3 is 14.6 Å². The van der Waals surface area contributed by atoms with Crippen molar-refractivity contribution in [1.82, 2.24) is 0 Å². The second-order valence-corrected chi connectivity index (χ2v) is 6.59. The van der Waals surface area contributed by atoms with Crippen molar-refractivity contribution in [2.75, 3.05) is 20.3 Å². The summed E-state index contributed by atoms with van der Waals surface area (Å²) in [7, 11) is 1.56. The Morgan fingerprint density at radius 1 is 1.17 bits per heavy atom. The summed E-state index contributed by atoms with van der Waals surface area (Å²) in [6, 6.07) is 0. The Hall–Kier alpha value is -0.200. The standard InChI is InChI=1S/C13H27NO4/c1-12(2)6-11(7-13(3,4)14(12)16)18-9-10(15)8-17-5/h10-11,15-16H,6-9H2,1-5H3/p+1. The van der Waals surface area contributed by atoms with Gasteiger partial charge in [-0.05, 0) is 27.7 Å². The molecule has 0 saturated carbocycles. The van der Waals surface area contributed by atoms with Gasteiger partial charge >= 0.3 is 0 Å². The van der Waals surface area contributed by atoms with E-state index in [0.717, 1.165) is 12.8 Å². The highest BCUT2D eigenvalue weighted by molar-refractivity contribution is 4.85. The molecule has 1 unspecified atom stereocenters. The summed E-state index contributed by atoms with van der Waals surface area (Å²) in [6.45, 7) is 8.70. The summed E-state index contributed by atoms with van der Waals surface area (Å²) in [5.74, 6) is 0. The molecule has 0 aliphatic carbocycles. The molecule has 18 heavy (non-hydrogen) atoms. The molecule has 0 aromatic rings. The van der Waals surface area contributed by atoms with E-state index in [0.29, 0.717) is 5.06 Å². The van der Waals surface area contributed by atoms with Crippen LogP contribution in [0, 0.1) is 0 Å². The number of quaternary nitrogens is 1. The molecular formula is C13H28NO4+. The average molecular weight is 262 g/mol. The zero-order valence-corrected chi connectivity index (χ0v) is 12.2. The first-order valence-corrected chi connectivity index (χ1v) is 6.54. The number of piperidine rings is 1. The summed E-state index contributed by atoms with van der Waals surface area (Å²) in [4.78, 5) is 0. The zero-order chi connectivity index (χ0) is 14.0. The summed E-state index contributed by atoms with van der Waals surface area (Å²) in [6.07, 6.45) is 1.04. The molecule has 0 amide bonds. The van der Waals surface area contributed by atoms with E-state index in [2.05, 4.69) is 0 Å². The zero-order valence-electron chi connectivity index (χ0n) is 12.2. The third kappa shape index (κ3) is 3.90. The van der Waals surface area contributed by atoms with Gasteiger partial charge in [0.05, 0.1) is 19.3 Å². The van der Waals surface area contributed by atoms with Crippen LogP contribution < -0.4 is 5.06 Å². The Morgan fingerprint density at radius 3 is 2.11 bits per heavy atom. The van der Waals surface area contributed by atoms with Crippen LogP contribution in [0.5, 0.6) is 0 Å². The minimum Gasteiger partial charge on any atom is -0.388 e. The van der Waals surface area contributed by atoms with Crippen LogP contribution in [-0.2, 0) is 9.47 Å². The lowest BCUT2D eigenvalue weighted by Crippen LogP contribution is -3.25. The van der Waals surface area contributed by atoms with Gasteiger partial charge in [0.25, 0.3) is 0 Å². The van der Waals surface area contributed by atoms with Crippen molar-refractivity contribution in [1.29, 1.82) is 0 Å². The Balaban J connectivity index is 2.53. The molecule has 0 aromatic carbocycles. The molecule has 0 bridgehead atoms. The first-order chi connectivity index (χ1) is 8.19. The van der Waals surface area contributed by atoms with Gasteiger partial charge in [-0.1, -0.05) is 0 Å². The van der Waals surface area contributed by atoms with E-state index >= 15 is 0 Å². The average Bonchev–Trinajstić information content (AvgIpc) is 2.23. The van der Waals surface area contributed by atoms with Gasteiger partial charge in [0.2, 0.25) is 0 Å². The van der Waals surface area contributed by atoms with Crippen LogP contribution in [0.3, 0.4) is 0 Å². The number of aliphatic hydroxyl groups is 1. The lowest BCUT2D eigenvalue weighted by atomic mass is 9.80. The molecule has 1 saturated heterocycles. The molecule has 5 heteroatoms. The van der Waals surface area contributed by atoms with Gasteiger partial charge in [0.1, 0.15) is 17.2 Å². The molecule has 0 spiro atoms. The van der Waals surface area contributed by atoms with Gasteiger partial charge in [-0.25, -0.2) is 5.21 Å². The van der Waals surface area contributed by atoms with Crippen molar-refractivity contribution < 1.29 is 24.9 Å². The van der Waals surface area contributed by atoms with E-state index in [-0.39, 0.29) is 30.4 Å². The van der Waals surface area contributed by atoms with Crippen LogP contribution >= 0.6 is 0 Å². The fraction of sp³-hybridized carbons (Fsp3) is 1.00. The molecule has 1 fully saturated rings. The fourth-order valence-electron chi connectivity index (χ4n) is 2.93. The highest BCUT2D eigenvalue weighted by Gasteiger charge is 2.49. The molecule has 1 heterocycles. The predicted molar refractivity (Wildman–Crippen MR) is 67.8 cm³/mol. The van der Waals surface area contributed by atoms with Crippen molar-refractivity contribution >= 4 is 0 Å². The highest BCUT2D eigenvalue weighted by Crippen LogP contribution is 2.25. The fourth-order valence-corrected chi connectivity index (χ4v) is 2.93. The topological polar surface area (TPSA) is 63.4 Å². The number of rotatable bonds is 5. The number of ether oxygens (including phenoxy) is 2. The van der Waals surface area contributed by atoms with Crippen molar-refractivity contribution in [2.24, 2.45) is 0 Å². The quantitative estimate of drug-likeness (QED) is 0.653. The molecular weight excluding hydrogens is 234 g/mol. The third-order valence-electron chi connectivity index (χ3n) is 3.64. The molecule has 1 aliphatic heterocycles. The molecule has 1 aliphatic rings. The van der Waals surface area contributed by atoms with Crippen molar-refractivity contribution in [3.8, 4) is 0 Å². The van der Waals surface area contributed by atoms with Gasteiger partial charge in [0.15, 0.2) is 0 Å². The lowest BCUT2D eigenvalue weighted by molar-refractivity contribution is -1.16. The maximum atomic E-state index is 10.2. The van der Waals surface area contributed by atoms with Crippen LogP contribution in [0.15, 0.2) is 0 Å². The minimum atomic E-state index is -0.583. The van der Waals surface area contributed by atoms with E-state index < -0.39 is 6.10 Å². The molecule has 0 aromatic heterocycles. The molecule has 108 valence electrons.